The fourth-order valence-electron chi connectivity index (χ4n) is 3.45. The number of hydrogen-bond acceptors (Lipinski definition) is 4. The molecule has 0 spiro atoms. The predicted octanol–water partition coefficient (Wildman–Crippen LogP) is 5.14. The number of nitrogens with two attached hydrogens (primary N) is 1. The first-order chi connectivity index (χ1) is 13.5. The molecule has 2 aromatic carbocycles. The van der Waals surface area contributed by atoms with E-state index in [-0.39, 0.29) is 11.9 Å². The minimum absolute atomic E-state index is 0.0394. The molecule has 154 valence electrons. The van der Waals surface area contributed by atoms with E-state index < -0.39 is 0 Å². The molecule has 2 unspecified atom stereocenters. The Hall–Kier alpha value is -1.11. The maximum atomic E-state index is 13.5. The largest absolute Gasteiger partial charge is 0.327 e. The SMILES string of the molecule is CC(CC(N)Cc1ccccc1F)N1CCCC1.CNSc1cccc(Cl)c1. The summed E-state index contributed by atoms with van der Waals surface area (Å²) in [7, 11) is 1.88. The van der Waals surface area contributed by atoms with Gasteiger partial charge in [-0.15, -0.1) is 0 Å². The van der Waals surface area contributed by atoms with E-state index in [1.54, 1.807) is 18.0 Å². The first kappa shape index (κ1) is 23.2. The van der Waals surface area contributed by atoms with E-state index in [2.05, 4.69) is 16.5 Å². The Balaban J connectivity index is 0.000000237. The van der Waals surface area contributed by atoms with E-state index in [0.717, 1.165) is 21.9 Å². The quantitative estimate of drug-likeness (QED) is 0.605. The Morgan fingerprint density at radius 2 is 1.89 bits per heavy atom. The van der Waals surface area contributed by atoms with Crippen molar-refractivity contribution in [1.82, 2.24) is 9.62 Å². The van der Waals surface area contributed by atoms with E-state index in [1.807, 2.05) is 43.4 Å². The van der Waals surface area contributed by atoms with Gasteiger partial charge in [-0.05, 0) is 94.5 Å². The van der Waals surface area contributed by atoms with Crippen LogP contribution in [0.3, 0.4) is 0 Å². The monoisotopic (exact) mass is 423 g/mol. The Morgan fingerprint density at radius 1 is 1.18 bits per heavy atom. The fourth-order valence-corrected chi connectivity index (χ4v) is 4.27. The Bertz CT molecular complexity index is 710. The average Bonchev–Trinajstić information content (AvgIpc) is 3.19. The van der Waals surface area contributed by atoms with Gasteiger partial charge in [-0.3, -0.25) is 4.72 Å². The summed E-state index contributed by atoms with van der Waals surface area (Å²) in [5.41, 5.74) is 6.88. The van der Waals surface area contributed by atoms with Gasteiger partial charge in [0.25, 0.3) is 0 Å². The molecule has 0 bridgehead atoms. The van der Waals surface area contributed by atoms with Crippen LogP contribution in [-0.2, 0) is 6.42 Å². The zero-order valence-electron chi connectivity index (χ0n) is 16.7. The van der Waals surface area contributed by atoms with Gasteiger partial charge >= 0.3 is 0 Å². The molecule has 3 rings (SSSR count). The summed E-state index contributed by atoms with van der Waals surface area (Å²) < 4.78 is 16.5. The molecular weight excluding hydrogens is 393 g/mol. The minimum atomic E-state index is -0.137. The van der Waals surface area contributed by atoms with E-state index in [1.165, 1.54) is 32.0 Å². The standard InChI is InChI=1S/C15H23FN2.C7H8ClNS/c1-12(18-8-4-5-9-18)10-14(17)11-13-6-2-3-7-15(13)16;1-9-10-7-4-2-3-6(8)5-7/h2-3,6-7,12,14H,4-5,8-11,17H2,1H3;2-5,9H,1H3. The molecule has 0 saturated carbocycles. The summed E-state index contributed by atoms with van der Waals surface area (Å²) in [5.74, 6) is -0.137. The van der Waals surface area contributed by atoms with Crippen molar-refractivity contribution in [3.8, 4) is 0 Å². The number of halogens is 2. The van der Waals surface area contributed by atoms with Crippen molar-refractivity contribution >= 4 is 23.5 Å². The topological polar surface area (TPSA) is 41.3 Å². The van der Waals surface area contributed by atoms with Crippen LogP contribution in [0.4, 0.5) is 4.39 Å². The van der Waals surface area contributed by atoms with E-state index in [9.17, 15) is 4.39 Å². The van der Waals surface area contributed by atoms with Crippen molar-refractivity contribution in [2.24, 2.45) is 5.73 Å². The summed E-state index contributed by atoms with van der Waals surface area (Å²) in [6.45, 7) is 4.60. The first-order valence-corrected chi connectivity index (χ1v) is 11.0. The average molecular weight is 424 g/mol. The number of benzene rings is 2. The van der Waals surface area contributed by atoms with Gasteiger partial charge in [0.15, 0.2) is 0 Å². The molecular formula is C22H31ClFN3S. The molecule has 3 nitrogen and oxygen atoms in total. The number of hydrogen-bond donors (Lipinski definition) is 2. The van der Waals surface area contributed by atoms with E-state index >= 15 is 0 Å². The number of nitrogens with one attached hydrogen (secondary N) is 1. The molecule has 28 heavy (non-hydrogen) atoms. The zero-order valence-corrected chi connectivity index (χ0v) is 18.3. The first-order valence-electron chi connectivity index (χ1n) is 9.81. The van der Waals surface area contributed by atoms with Gasteiger partial charge in [-0.2, -0.15) is 0 Å². The van der Waals surface area contributed by atoms with Crippen LogP contribution in [0.2, 0.25) is 5.02 Å². The van der Waals surface area contributed by atoms with Crippen molar-refractivity contribution in [3.63, 3.8) is 0 Å². The highest BCUT2D eigenvalue weighted by atomic mass is 35.5. The van der Waals surface area contributed by atoms with Gasteiger partial charge in [0, 0.05) is 22.0 Å². The van der Waals surface area contributed by atoms with Crippen LogP contribution in [0.25, 0.3) is 0 Å². The molecule has 2 atom stereocenters. The second-order valence-electron chi connectivity index (χ2n) is 7.15. The summed E-state index contributed by atoms with van der Waals surface area (Å²) in [4.78, 5) is 3.62. The number of rotatable bonds is 7. The van der Waals surface area contributed by atoms with Gasteiger partial charge in [-0.25, -0.2) is 4.39 Å². The number of likely N-dealkylation sites (tertiary alicyclic amines) is 1. The van der Waals surface area contributed by atoms with Crippen LogP contribution < -0.4 is 10.5 Å². The van der Waals surface area contributed by atoms with Crippen LogP contribution >= 0.6 is 23.5 Å². The lowest BCUT2D eigenvalue weighted by Crippen LogP contribution is -2.37. The molecule has 6 heteroatoms. The molecule has 1 heterocycles. The van der Waals surface area contributed by atoms with Gasteiger partial charge in [0.05, 0.1) is 0 Å². The van der Waals surface area contributed by atoms with E-state index in [0.29, 0.717) is 12.5 Å². The fraction of sp³-hybridized carbons (Fsp3) is 0.455. The third-order valence-electron chi connectivity index (χ3n) is 4.86. The highest BCUT2D eigenvalue weighted by molar-refractivity contribution is 7.97. The predicted molar refractivity (Wildman–Crippen MR) is 119 cm³/mol. The maximum Gasteiger partial charge on any atom is 0.126 e. The van der Waals surface area contributed by atoms with Gasteiger partial charge in [0.1, 0.15) is 5.82 Å². The second kappa shape index (κ2) is 12.5. The van der Waals surface area contributed by atoms with Crippen LogP contribution in [0.1, 0.15) is 31.7 Å². The lowest BCUT2D eigenvalue weighted by atomic mass is 10.00. The molecule has 1 saturated heterocycles. The smallest absolute Gasteiger partial charge is 0.126 e. The summed E-state index contributed by atoms with van der Waals surface area (Å²) in [6.07, 6.45) is 4.17. The van der Waals surface area contributed by atoms with Crippen LogP contribution in [0.5, 0.6) is 0 Å². The van der Waals surface area contributed by atoms with Crippen LogP contribution in [0, 0.1) is 5.82 Å². The van der Waals surface area contributed by atoms with Crippen LogP contribution in [0.15, 0.2) is 53.4 Å². The zero-order chi connectivity index (χ0) is 20.4. The maximum absolute atomic E-state index is 13.5. The lowest BCUT2D eigenvalue weighted by molar-refractivity contribution is 0.235. The summed E-state index contributed by atoms with van der Waals surface area (Å²) in [5, 5.41) is 0.778. The minimum Gasteiger partial charge on any atom is -0.327 e. The third-order valence-corrected chi connectivity index (χ3v) is 5.79. The molecule has 1 fully saturated rings. The van der Waals surface area contributed by atoms with Gasteiger partial charge in [0.2, 0.25) is 0 Å². The van der Waals surface area contributed by atoms with Crippen molar-refractivity contribution in [2.75, 3.05) is 20.1 Å². The Kier molecular flexibility index (Phi) is 10.3. The molecule has 2 aromatic rings. The highest BCUT2D eigenvalue weighted by Gasteiger charge is 2.20. The van der Waals surface area contributed by atoms with Crippen LogP contribution in [-0.4, -0.2) is 37.1 Å². The van der Waals surface area contributed by atoms with Gasteiger partial charge < -0.3 is 10.6 Å². The summed E-state index contributed by atoms with van der Waals surface area (Å²) >= 11 is 7.29. The van der Waals surface area contributed by atoms with Crippen molar-refractivity contribution in [3.05, 3.63) is 64.9 Å². The molecule has 1 aliphatic rings. The Morgan fingerprint density at radius 3 is 2.54 bits per heavy atom. The second-order valence-corrected chi connectivity index (χ2v) is 8.67. The molecule has 0 radical (unpaired) electrons. The van der Waals surface area contributed by atoms with Crippen molar-refractivity contribution in [1.29, 1.82) is 0 Å². The lowest BCUT2D eigenvalue weighted by Gasteiger charge is -2.26. The normalized spacial score (nSPS) is 16.3. The molecule has 3 N–H and O–H groups in total. The van der Waals surface area contributed by atoms with Gasteiger partial charge in [-0.1, -0.05) is 35.9 Å². The summed E-state index contributed by atoms with van der Waals surface area (Å²) in [6, 6.07) is 15.2. The Labute approximate surface area is 178 Å². The highest BCUT2D eigenvalue weighted by Crippen LogP contribution is 2.18. The van der Waals surface area contributed by atoms with Crippen molar-refractivity contribution < 1.29 is 4.39 Å². The molecule has 0 aliphatic carbocycles. The molecule has 1 aliphatic heterocycles. The molecule has 0 amide bonds. The van der Waals surface area contributed by atoms with Crippen molar-refractivity contribution in [2.45, 2.75) is 49.6 Å². The molecule has 0 aromatic heterocycles. The number of nitrogens with zero attached hydrogens (tertiary/aromatic N) is 1. The van der Waals surface area contributed by atoms with E-state index in [4.69, 9.17) is 17.3 Å². The third kappa shape index (κ3) is 8.10.